The lowest BCUT2D eigenvalue weighted by Crippen LogP contribution is -2.48. The molecule has 0 aliphatic carbocycles. The van der Waals surface area contributed by atoms with Crippen LogP contribution in [0.4, 0.5) is 10.5 Å². The summed E-state index contributed by atoms with van der Waals surface area (Å²) in [5.41, 5.74) is 3.24. The van der Waals surface area contributed by atoms with Crippen LogP contribution in [0, 0.1) is 0 Å². The van der Waals surface area contributed by atoms with Gasteiger partial charge in [-0.15, -0.1) is 0 Å². The van der Waals surface area contributed by atoms with Crippen LogP contribution in [0.2, 0.25) is 0 Å². The lowest BCUT2D eigenvalue weighted by atomic mass is 10.0. The summed E-state index contributed by atoms with van der Waals surface area (Å²) >= 11 is 0. The molecular weight excluding hydrogens is 430 g/mol. The van der Waals surface area contributed by atoms with Gasteiger partial charge in [0.25, 0.3) is 0 Å². The lowest BCUT2D eigenvalue weighted by molar-refractivity contribution is -0.123. The fourth-order valence-corrected chi connectivity index (χ4v) is 3.45. The lowest BCUT2D eigenvalue weighted by Gasteiger charge is -2.22. The van der Waals surface area contributed by atoms with Gasteiger partial charge in [-0.2, -0.15) is 0 Å². The highest BCUT2D eigenvalue weighted by molar-refractivity contribution is 5.89. The number of benzene rings is 3. The van der Waals surface area contributed by atoms with Gasteiger partial charge >= 0.3 is 6.09 Å². The average molecular weight is 460 g/mol. The SMILES string of the molecule is CC(=O)Nc1cccc(C(C)NC(=O)C(Cc2ccccc2)NC(=O)OCc2ccccc2)c1. The zero-order valence-corrected chi connectivity index (χ0v) is 19.3. The standard InChI is InChI=1S/C27H29N3O4/c1-19(23-14-9-15-24(17-23)29-20(2)31)28-26(32)25(16-21-10-5-3-6-11-21)30-27(33)34-18-22-12-7-4-8-13-22/h3-15,17,19,25H,16,18H2,1-2H3,(H,28,32)(H,29,31)(H,30,33). The molecule has 3 amide bonds. The highest BCUT2D eigenvalue weighted by Gasteiger charge is 2.24. The molecule has 2 unspecified atom stereocenters. The van der Waals surface area contributed by atoms with E-state index in [1.165, 1.54) is 6.92 Å². The number of ether oxygens (including phenoxy) is 1. The number of carbonyl (C=O) groups excluding carboxylic acids is 3. The number of nitrogens with one attached hydrogen (secondary N) is 3. The first-order chi connectivity index (χ1) is 16.4. The molecule has 2 atom stereocenters. The molecule has 176 valence electrons. The molecule has 3 N–H and O–H groups in total. The van der Waals surface area contributed by atoms with Crippen molar-refractivity contribution in [1.82, 2.24) is 10.6 Å². The normalized spacial score (nSPS) is 12.2. The van der Waals surface area contributed by atoms with Gasteiger partial charge in [-0.1, -0.05) is 72.8 Å². The third-order valence-corrected chi connectivity index (χ3v) is 5.17. The molecule has 7 nitrogen and oxygen atoms in total. The van der Waals surface area contributed by atoms with E-state index in [0.717, 1.165) is 16.7 Å². The highest BCUT2D eigenvalue weighted by Crippen LogP contribution is 2.18. The minimum absolute atomic E-state index is 0.110. The van der Waals surface area contributed by atoms with Crippen molar-refractivity contribution >= 4 is 23.6 Å². The molecule has 0 fully saturated rings. The van der Waals surface area contributed by atoms with Crippen LogP contribution in [0.25, 0.3) is 0 Å². The Morgan fingerprint density at radius 3 is 2.12 bits per heavy atom. The Morgan fingerprint density at radius 2 is 1.47 bits per heavy atom. The van der Waals surface area contributed by atoms with Gasteiger partial charge in [0.2, 0.25) is 11.8 Å². The first-order valence-corrected chi connectivity index (χ1v) is 11.1. The third-order valence-electron chi connectivity index (χ3n) is 5.17. The zero-order chi connectivity index (χ0) is 24.3. The van der Waals surface area contributed by atoms with E-state index in [4.69, 9.17) is 4.74 Å². The number of hydrogen-bond acceptors (Lipinski definition) is 4. The van der Waals surface area contributed by atoms with Crippen molar-refractivity contribution in [3.05, 3.63) is 102 Å². The summed E-state index contributed by atoms with van der Waals surface area (Å²) in [6.07, 6.45) is -0.355. The summed E-state index contributed by atoms with van der Waals surface area (Å²) in [7, 11) is 0. The molecule has 3 rings (SSSR count). The fraction of sp³-hybridized carbons (Fsp3) is 0.222. The summed E-state index contributed by atoms with van der Waals surface area (Å²) < 4.78 is 5.32. The van der Waals surface area contributed by atoms with Gasteiger partial charge in [-0.05, 0) is 35.7 Å². The summed E-state index contributed by atoms with van der Waals surface area (Å²) in [6.45, 7) is 3.39. The molecule has 0 radical (unpaired) electrons. The smallest absolute Gasteiger partial charge is 0.408 e. The molecule has 0 saturated heterocycles. The predicted octanol–water partition coefficient (Wildman–Crippen LogP) is 4.36. The Labute approximate surface area is 199 Å². The maximum absolute atomic E-state index is 13.2. The van der Waals surface area contributed by atoms with E-state index in [1.54, 1.807) is 12.1 Å². The van der Waals surface area contributed by atoms with Gasteiger partial charge in [0, 0.05) is 19.0 Å². The number of rotatable bonds is 9. The summed E-state index contributed by atoms with van der Waals surface area (Å²) in [6, 6.07) is 24.9. The number of hydrogen-bond donors (Lipinski definition) is 3. The average Bonchev–Trinajstić information content (AvgIpc) is 2.83. The second-order valence-electron chi connectivity index (χ2n) is 7.99. The van der Waals surface area contributed by atoms with Gasteiger partial charge < -0.3 is 20.7 Å². The van der Waals surface area contributed by atoms with Gasteiger partial charge in [0.15, 0.2) is 0 Å². The fourth-order valence-electron chi connectivity index (χ4n) is 3.45. The Hall–Kier alpha value is -4.13. The Morgan fingerprint density at radius 1 is 0.824 bits per heavy atom. The van der Waals surface area contributed by atoms with E-state index in [2.05, 4.69) is 16.0 Å². The van der Waals surface area contributed by atoms with Crippen LogP contribution in [-0.2, 0) is 27.4 Å². The largest absolute Gasteiger partial charge is 0.445 e. The van der Waals surface area contributed by atoms with Crippen molar-refractivity contribution in [1.29, 1.82) is 0 Å². The number of alkyl carbamates (subject to hydrolysis) is 1. The molecule has 34 heavy (non-hydrogen) atoms. The topological polar surface area (TPSA) is 96.5 Å². The molecular formula is C27H29N3O4. The molecule has 0 bridgehead atoms. The van der Waals surface area contributed by atoms with Gasteiger partial charge in [-0.25, -0.2) is 4.79 Å². The first kappa shape index (κ1) is 24.5. The second kappa shape index (κ2) is 12.2. The molecule has 0 heterocycles. The van der Waals surface area contributed by atoms with E-state index in [9.17, 15) is 14.4 Å². The molecule has 0 saturated carbocycles. The molecule has 3 aromatic rings. The van der Waals surface area contributed by atoms with Crippen LogP contribution >= 0.6 is 0 Å². The molecule has 3 aromatic carbocycles. The highest BCUT2D eigenvalue weighted by atomic mass is 16.5. The van der Waals surface area contributed by atoms with Crippen molar-refractivity contribution in [2.45, 2.75) is 39.0 Å². The van der Waals surface area contributed by atoms with Crippen LogP contribution in [0.15, 0.2) is 84.9 Å². The van der Waals surface area contributed by atoms with Crippen molar-refractivity contribution in [2.24, 2.45) is 0 Å². The number of anilines is 1. The van der Waals surface area contributed by atoms with Crippen molar-refractivity contribution in [2.75, 3.05) is 5.32 Å². The molecule has 7 heteroatoms. The minimum atomic E-state index is -0.827. The Bertz CT molecular complexity index is 1100. The van der Waals surface area contributed by atoms with Crippen molar-refractivity contribution in [3.63, 3.8) is 0 Å². The molecule has 0 aliphatic heterocycles. The van der Waals surface area contributed by atoms with E-state index in [-0.39, 0.29) is 24.5 Å². The summed E-state index contributed by atoms with van der Waals surface area (Å²) in [4.78, 5) is 37.0. The van der Waals surface area contributed by atoms with Crippen LogP contribution in [-0.4, -0.2) is 23.9 Å². The monoisotopic (exact) mass is 459 g/mol. The zero-order valence-electron chi connectivity index (χ0n) is 19.3. The molecule has 0 spiro atoms. The first-order valence-electron chi connectivity index (χ1n) is 11.1. The van der Waals surface area contributed by atoms with Gasteiger partial charge in [-0.3, -0.25) is 9.59 Å². The van der Waals surface area contributed by atoms with Crippen LogP contribution in [0.1, 0.15) is 36.6 Å². The van der Waals surface area contributed by atoms with Crippen molar-refractivity contribution < 1.29 is 19.1 Å². The second-order valence-corrected chi connectivity index (χ2v) is 7.99. The van der Waals surface area contributed by atoms with E-state index in [1.807, 2.05) is 79.7 Å². The molecule has 0 aliphatic rings. The minimum Gasteiger partial charge on any atom is -0.445 e. The third kappa shape index (κ3) is 7.78. The molecule has 0 aromatic heterocycles. The van der Waals surface area contributed by atoms with Crippen LogP contribution in [0.3, 0.4) is 0 Å². The number of amides is 3. The summed E-state index contributed by atoms with van der Waals surface area (Å²) in [5, 5.41) is 8.39. The number of carbonyl (C=O) groups is 3. The van der Waals surface area contributed by atoms with Crippen molar-refractivity contribution in [3.8, 4) is 0 Å². The Balaban J connectivity index is 1.67. The van der Waals surface area contributed by atoms with E-state index >= 15 is 0 Å². The predicted molar refractivity (Wildman–Crippen MR) is 131 cm³/mol. The summed E-state index contributed by atoms with van der Waals surface area (Å²) in [5.74, 6) is -0.507. The maximum atomic E-state index is 13.2. The van der Waals surface area contributed by atoms with Crippen LogP contribution in [0.5, 0.6) is 0 Å². The quantitative estimate of drug-likeness (QED) is 0.443. The van der Waals surface area contributed by atoms with Crippen LogP contribution < -0.4 is 16.0 Å². The van der Waals surface area contributed by atoms with E-state index < -0.39 is 12.1 Å². The van der Waals surface area contributed by atoms with Gasteiger partial charge in [0.05, 0.1) is 6.04 Å². The Kier molecular flexibility index (Phi) is 8.80. The van der Waals surface area contributed by atoms with E-state index in [0.29, 0.717) is 12.1 Å². The van der Waals surface area contributed by atoms with Gasteiger partial charge in [0.1, 0.15) is 12.6 Å². The maximum Gasteiger partial charge on any atom is 0.408 e.